The highest BCUT2D eigenvalue weighted by molar-refractivity contribution is 7.89. The van der Waals surface area contributed by atoms with Gasteiger partial charge in [-0.1, -0.05) is 12.8 Å². The van der Waals surface area contributed by atoms with E-state index in [4.69, 9.17) is 10.5 Å². The predicted molar refractivity (Wildman–Crippen MR) is 80.0 cm³/mol. The average molecular weight is 318 g/mol. The lowest BCUT2D eigenvalue weighted by atomic mass is 9.89. The lowest BCUT2D eigenvalue weighted by Crippen LogP contribution is -2.47. The summed E-state index contributed by atoms with van der Waals surface area (Å²) < 4.78 is 32.3. The zero-order chi connectivity index (χ0) is 15.6. The van der Waals surface area contributed by atoms with E-state index in [1.165, 1.54) is 7.11 Å². The van der Waals surface area contributed by atoms with Crippen molar-refractivity contribution >= 4 is 16.0 Å². The van der Waals surface area contributed by atoms with E-state index in [0.717, 1.165) is 19.3 Å². The van der Waals surface area contributed by atoms with Crippen LogP contribution in [0.4, 0.5) is 0 Å². The molecule has 1 saturated carbocycles. The Balaban J connectivity index is 2.22. The molecule has 122 valence electrons. The van der Waals surface area contributed by atoms with Crippen molar-refractivity contribution < 1.29 is 17.9 Å². The number of esters is 1. The second-order valence-electron chi connectivity index (χ2n) is 6.25. The molecule has 2 aliphatic rings. The molecule has 0 aromatic rings. The number of rotatable bonds is 4. The molecule has 0 radical (unpaired) electrons. The Morgan fingerprint density at radius 1 is 1.33 bits per heavy atom. The molecule has 2 rings (SSSR count). The molecule has 1 heterocycles. The topological polar surface area (TPSA) is 89.7 Å². The molecule has 2 N–H and O–H groups in total. The van der Waals surface area contributed by atoms with Crippen LogP contribution in [0.2, 0.25) is 0 Å². The van der Waals surface area contributed by atoms with Gasteiger partial charge in [0, 0.05) is 12.6 Å². The van der Waals surface area contributed by atoms with Gasteiger partial charge in [-0.25, -0.2) is 8.42 Å². The highest BCUT2D eigenvalue weighted by Gasteiger charge is 2.46. The normalized spacial score (nSPS) is 34.8. The van der Waals surface area contributed by atoms with Crippen LogP contribution in [0, 0.1) is 11.8 Å². The van der Waals surface area contributed by atoms with Crippen molar-refractivity contribution in [2.24, 2.45) is 17.6 Å². The van der Waals surface area contributed by atoms with Crippen molar-refractivity contribution in [3.63, 3.8) is 0 Å². The van der Waals surface area contributed by atoms with Crippen molar-refractivity contribution in [2.75, 3.05) is 20.2 Å². The van der Waals surface area contributed by atoms with Crippen LogP contribution in [-0.4, -0.2) is 50.2 Å². The number of nitrogens with zero attached hydrogens (tertiary/aromatic N) is 1. The maximum Gasteiger partial charge on any atom is 0.310 e. The van der Waals surface area contributed by atoms with Gasteiger partial charge in [0.25, 0.3) is 0 Å². The molecule has 4 atom stereocenters. The van der Waals surface area contributed by atoms with Crippen LogP contribution in [0.25, 0.3) is 0 Å². The highest BCUT2D eigenvalue weighted by atomic mass is 32.2. The SMILES string of the molecule is COC(=O)C1CCCCC1S(=O)(=O)N1CC(CN)CC1C. The number of sulfonamides is 1. The largest absolute Gasteiger partial charge is 0.469 e. The predicted octanol–water partition coefficient (Wildman–Crippen LogP) is 0.717. The first-order valence-corrected chi connectivity index (χ1v) is 9.20. The monoisotopic (exact) mass is 318 g/mol. The van der Waals surface area contributed by atoms with Gasteiger partial charge >= 0.3 is 5.97 Å². The van der Waals surface area contributed by atoms with Gasteiger partial charge in [0.05, 0.1) is 18.3 Å². The molecule has 0 aromatic heterocycles. The standard InChI is InChI=1S/C14H26N2O4S/c1-10-7-11(8-15)9-16(10)21(18,19)13-6-4-3-5-12(13)14(17)20-2/h10-13H,3-9,15H2,1-2H3. The fraction of sp³-hybridized carbons (Fsp3) is 0.929. The van der Waals surface area contributed by atoms with Gasteiger partial charge < -0.3 is 10.5 Å². The third-order valence-electron chi connectivity index (χ3n) is 4.85. The third kappa shape index (κ3) is 3.24. The molecule has 1 saturated heterocycles. The number of hydrogen-bond donors (Lipinski definition) is 1. The summed E-state index contributed by atoms with van der Waals surface area (Å²) in [5, 5.41) is -0.641. The van der Waals surface area contributed by atoms with Crippen LogP contribution in [0.1, 0.15) is 39.0 Å². The van der Waals surface area contributed by atoms with E-state index < -0.39 is 27.2 Å². The van der Waals surface area contributed by atoms with Crippen molar-refractivity contribution in [3.05, 3.63) is 0 Å². The van der Waals surface area contributed by atoms with Gasteiger partial charge in [0.2, 0.25) is 10.0 Å². The summed E-state index contributed by atoms with van der Waals surface area (Å²) in [5.41, 5.74) is 5.68. The summed E-state index contributed by atoms with van der Waals surface area (Å²) in [6, 6.07) is -0.0382. The fourth-order valence-corrected chi connectivity index (χ4v) is 6.16. The molecule has 7 heteroatoms. The molecular weight excluding hydrogens is 292 g/mol. The quantitative estimate of drug-likeness (QED) is 0.771. The summed E-state index contributed by atoms with van der Waals surface area (Å²) in [6.07, 6.45) is 3.66. The Kier molecular flexibility index (Phi) is 5.27. The lowest BCUT2D eigenvalue weighted by molar-refractivity contribution is -0.146. The molecule has 1 aliphatic carbocycles. The van der Waals surface area contributed by atoms with E-state index in [9.17, 15) is 13.2 Å². The van der Waals surface area contributed by atoms with Crippen LogP contribution in [-0.2, 0) is 19.6 Å². The van der Waals surface area contributed by atoms with Gasteiger partial charge in [0.15, 0.2) is 0 Å². The molecule has 0 spiro atoms. The first-order chi connectivity index (χ1) is 9.91. The van der Waals surface area contributed by atoms with Gasteiger partial charge in [-0.3, -0.25) is 4.79 Å². The smallest absolute Gasteiger partial charge is 0.310 e. The van der Waals surface area contributed by atoms with Gasteiger partial charge in [0.1, 0.15) is 0 Å². The van der Waals surface area contributed by atoms with E-state index in [2.05, 4.69) is 0 Å². The zero-order valence-corrected chi connectivity index (χ0v) is 13.6. The lowest BCUT2D eigenvalue weighted by Gasteiger charge is -2.33. The Morgan fingerprint density at radius 3 is 2.57 bits per heavy atom. The summed E-state index contributed by atoms with van der Waals surface area (Å²) in [6.45, 7) is 2.90. The first kappa shape index (κ1) is 16.7. The van der Waals surface area contributed by atoms with E-state index >= 15 is 0 Å². The Bertz CT molecular complexity index is 479. The maximum atomic E-state index is 13.0. The highest BCUT2D eigenvalue weighted by Crippen LogP contribution is 2.35. The van der Waals surface area contributed by atoms with Crippen molar-refractivity contribution in [1.82, 2.24) is 4.31 Å². The Hall–Kier alpha value is -0.660. The number of ether oxygens (including phenoxy) is 1. The number of carbonyl (C=O) groups excluding carboxylic acids is 1. The molecule has 0 bridgehead atoms. The molecule has 0 aromatic carbocycles. The van der Waals surface area contributed by atoms with Crippen LogP contribution in [0.5, 0.6) is 0 Å². The third-order valence-corrected chi connectivity index (χ3v) is 7.35. The van der Waals surface area contributed by atoms with Crippen LogP contribution in [0.3, 0.4) is 0 Å². The van der Waals surface area contributed by atoms with Gasteiger partial charge in [-0.15, -0.1) is 0 Å². The molecular formula is C14H26N2O4S. The molecule has 6 nitrogen and oxygen atoms in total. The van der Waals surface area contributed by atoms with E-state index in [0.29, 0.717) is 25.9 Å². The van der Waals surface area contributed by atoms with Crippen molar-refractivity contribution in [3.8, 4) is 0 Å². The second-order valence-corrected chi connectivity index (χ2v) is 8.36. The second kappa shape index (κ2) is 6.62. The Labute approximate surface area is 127 Å². The molecule has 4 unspecified atom stereocenters. The Morgan fingerprint density at radius 2 is 2.00 bits per heavy atom. The number of hydrogen-bond acceptors (Lipinski definition) is 5. The zero-order valence-electron chi connectivity index (χ0n) is 12.8. The molecule has 0 amide bonds. The average Bonchev–Trinajstić information content (AvgIpc) is 2.88. The molecule has 21 heavy (non-hydrogen) atoms. The van der Waals surface area contributed by atoms with Gasteiger partial charge in [-0.05, 0) is 38.6 Å². The fourth-order valence-electron chi connectivity index (χ4n) is 3.68. The number of carbonyl (C=O) groups is 1. The summed E-state index contributed by atoms with van der Waals surface area (Å²) in [5.74, 6) is -0.710. The summed E-state index contributed by atoms with van der Waals surface area (Å²) >= 11 is 0. The van der Waals surface area contributed by atoms with Gasteiger partial charge in [-0.2, -0.15) is 4.31 Å². The molecule has 1 aliphatic heterocycles. The minimum absolute atomic E-state index is 0.0382. The van der Waals surface area contributed by atoms with Crippen LogP contribution < -0.4 is 5.73 Å². The van der Waals surface area contributed by atoms with E-state index in [-0.39, 0.29) is 12.0 Å². The number of methoxy groups -OCH3 is 1. The van der Waals surface area contributed by atoms with E-state index in [1.807, 2.05) is 6.92 Å². The van der Waals surface area contributed by atoms with Crippen LogP contribution in [0.15, 0.2) is 0 Å². The van der Waals surface area contributed by atoms with Crippen molar-refractivity contribution in [2.45, 2.75) is 50.3 Å². The number of nitrogens with two attached hydrogens (primary N) is 1. The minimum atomic E-state index is -3.48. The first-order valence-electron chi connectivity index (χ1n) is 7.70. The molecule has 2 fully saturated rings. The van der Waals surface area contributed by atoms with Crippen molar-refractivity contribution in [1.29, 1.82) is 0 Å². The van der Waals surface area contributed by atoms with E-state index in [1.54, 1.807) is 4.31 Å². The van der Waals surface area contributed by atoms with Crippen LogP contribution >= 0.6 is 0 Å². The maximum absolute atomic E-state index is 13.0. The summed E-state index contributed by atoms with van der Waals surface area (Å²) in [7, 11) is -2.16. The minimum Gasteiger partial charge on any atom is -0.469 e. The summed E-state index contributed by atoms with van der Waals surface area (Å²) in [4.78, 5) is 11.9.